The van der Waals surface area contributed by atoms with Gasteiger partial charge in [0.15, 0.2) is 5.76 Å². The van der Waals surface area contributed by atoms with Crippen LogP contribution in [0, 0.1) is 6.92 Å². The number of benzene rings is 2. The number of hydrogen-bond donors (Lipinski definition) is 0. The smallest absolute Gasteiger partial charge is 0.235 e. The zero-order valence-electron chi connectivity index (χ0n) is 13.7. The average Bonchev–Trinajstić information content (AvgIpc) is 2.60. The van der Waals surface area contributed by atoms with Gasteiger partial charge < -0.3 is 13.9 Å². The van der Waals surface area contributed by atoms with Gasteiger partial charge in [-0.1, -0.05) is 18.7 Å². The van der Waals surface area contributed by atoms with Crippen molar-refractivity contribution in [3.05, 3.63) is 70.9 Å². The summed E-state index contributed by atoms with van der Waals surface area (Å²) in [6.07, 6.45) is 1.59. The molecule has 122 valence electrons. The van der Waals surface area contributed by atoms with Gasteiger partial charge >= 0.3 is 0 Å². The summed E-state index contributed by atoms with van der Waals surface area (Å²) in [5.74, 6) is 1.32. The van der Waals surface area contributed by atoms with Crippen LogP contribution in [-0.4, -0.2) is 13.7 Å². The Labute approximate surface area is 139 Å². The molecule has 4 heteroatoms. The highest BCUT2D eigenvalue weighted by Crippen LogP contribution is 2.32. The molecule has 2 aromatic carbocycles. The molecule has 0 aliphatic heterocycles. The van der Waals surface area contributed by atoms with Gasteiger partial charge in [-0.05, 0) is 48.9 Å². The molecule has 1 heterocycles. The van der Waals surface area contributed by atoms with Crippen LogP contribution in [0.4, 0.5) is 0 Å². The van der Waals surface area contributed by atoms with E-state index >= 15 is 0 Å². The first-order valence-electron chi connectivity index (χ1n) is 7.59. The fraction of sp³-hybridized carbons (Fsp3) is 0.150. The lowest BCUT2D eigenvalue weighted by Gasteiger charge is -2.11. The SMILES string of the molecule is C=CCOc1c(-c2ccc(OC)cc2)oc2cc(C)ccc2c1=O. The van der Waals surface area contributed by atoms with Crippen molar-refractivity contribution in [2.75, 3.05) is 13.7 Å². The zero-order valence-corrected chi connectivity index (χ0v) is 13.7. The van der Waals surface area contributed by atoms with E-state index < -0.39 is 0 Å². The van der Waals surface area contributed by atoms with E-state index in [0.717, 1.165) is 16.9 Å². The van der Waals surface area contributed by atoms with E-state index in [1.165, 1.54) is 0 Å². The molecule has 0 saturated heterocycles. The molecule has 0 spiro atoms. The Morgan fingerprint density at radius 2 is 1.92 bits per heavy atom. The summed E-state index contributed by atoms with van der Waals surface area (Å²) in [7, 11) is 1.60. The molecule has 3 aromatic rings. The Bertz CT molecular complexity index is 936. The van der Waals surface area contributed by atoms with Gasteiger partial charge in [0.05, 0.1) is 12.5 Å². The van der Waals surface area contributed by atoms with Crippen molar-refractivity contribution >= 4 is 11.0 Å². The molecule has 0 unspecified atom stereocenters. The molecule has 24 heavy (non-hydrogen) atoms. The van der Waals surface area contributed by atoms with Crippen molar-refractivity contribution in [3.8, 4) is 22.8 Å². The summed E-state index contributed by atoms with van der Waals surface area (Å²) >= 11 is 0. The number of rotatable bonds is 5. The summed E-state index contributed by atoms with van der Waals surface area (Å²) in [4.78, 5) is 12.8. The van der Waals surface area contributed by atoms with Gasteiger partial charge in [-0.3, -0.25) is 4.79 Å². The fourth-order valence-electron chi connectivity index (χ4n) is 2.49. The fourth-order valence-corrected chi connectivity index (χ4v) is 2.49. The van der Waals surface area contributed by atoms with Crippen molar-refractivity contribution < 1.29 is 13.9 Å². The van der Waals surface area contributed by atoms with Crippen LogP contribution in [0.15, 0.2) is 64.3 Å². The lowest BCUT2D eigenvalue weighted by Crippen LogP contribution is -2.10. The van der Waals surface area contributed by atoms with Crippen LogP contribution in [0.3, 0.4) is 0 Å². The standard InChI is InChI=1S/C20H18O4/c1-4-11-23-20-18(21)16-10-5-13(2)12-17(16)24-19(20)14-6-8-15(22-3)9-7-14/h4-10,12H,1,11H2,2-3H3. The van der Waals surface area contributed by atoms with Gasteiger partial charge in [-0.15, -0.1) is 0 Å². The minimum Gasteiger partial charge on any atom is -0.497 e. The highest BCUT2D eigenvalue weighted by molar-refractivity contribution is 5.82. The van der Waals surface area contributed by atoms with Gasteiger partial charge in [-0.2, -0.15) is 0 Å². The Kier molecular flexibility index (Phi) is 4.38. The first-order valence-corrected chi connectivity index (χ1v) is 7.59. The Hall–Kier alpha value is -3.01. The van der Waals surface area contributed by atoms with E-state index in [1.807, 2.05) is 43.3 Å². The summed E-state index contributed by atoms with van der Waals surface area (Å²) in [6, 6.07) is 12.8. The van der Waals surface area contributed by atoms with Gasteiger partial charge in [0.25, 0.3) is 0 Å². The number of hydrogen-bond acceptors (Lipinski definition) is 4. The van der Waals surface area contributed by atoms with E-state index in [4.69, 9.17) is 13.9 Å². The minimum atomic E-state index is -0.191. The van der Waals surface area contributed by atoms with E-state index in [0.29, 0.717) is 16.7 Å². The van der Waals surface area contributed by atoms with Crippen LogP contribution in [0.5, 0.6) is 11.5 Å². The normalized spacial score (nSPS) is 10.6. The van der Waals surface area contributed by atoms with Crippen molar-refractivity contribution in [1.29, 1.82) is 0 Å². The molecule has 1 aromatic heterocycles. The summed E-state index contributed by atoms with van der Waals surface area (Å²) in [6.45, 7) is 5.81. The maximum Gasteiger partial charge on any atom is 0.235 e. The second-order valence-electron chi connectivity index (χ2n) is 5.42. The van der Waals surface area contributed by atoms with Gasteiger partial charge in [0, 0.05) is 5.56 Å². The number of fused-ring (bicyclic) bond motifs is 1. The highest BCUT2D eigenvalue weighted by atomic mass is 16.5. The third-order valence-corrected chi connectivity index (χ3v) is 3.70. The molecule has 3 rings (SSSR count). The second kappa shape index (κ2) is 6.62. The van der Waals surface area contributed by atoms with E-state index in [9.17, 15) is 4.79 Å². The maximum atomic E-state index is 12.8. The predicted octanol–water partition coefficient (Wildman–Crippen LogP) is 4.34. The Morgan fingerprint density at radius 1 is 1.17 bits per heavy atom. The molecule has 0 aliphatic rings. The Morgan fingerprint density at radius 3 is 2.58 bits per heavy atom. The molecule has 0 bridgehead atoms. The summed E-state index contributed by atoms with van der Waals surface area (Å²) in [5, 5.41) is 0.497. The number of aryl methyl sites for hydroxylation is 1. The molecule has 0 radical (unpaired) electrons. The van der Waals surface area contributed by atoms with Crippen molar-refractivity contribution in [3.63, 3.8) is 0 Å². The van der Waals surface area contributed by atoms with E-state index in [2.05, 4.69) is 6.58 Å². The molecule has 0 amide bonds. The van der Waals surface area contributed by atoms with Crippen LogP contribution in [0.25, 0.3) is 22.3 Å². The summed E-state index contributed by atoms with van der Waals surface area (Å²) in [5.41, 5.74) is 2.11. The van der Waals surface area contributed by atoms with Crippen LogP contribution < -0.4 is 14.9 Å². The lowest BCUT2D eigenvalue weighted by atomic mass is 10.1. The average molecular weight is 322 g/mol. The molecule has 0 N–H and O–H groups in total. The molecule has 0 aliphatic carbocycles. The minimum absolute atomic E-state index is 0.191. The van der Waals surface area contributed by atoms with Crippen molar-refractivity contribution in [2.24, 2.45) is 0 Å². The third kappa shape index (κ3) is 2.91. The van der Waals surface area contributed by atoms with Crippen LogP contribution in [-0.2, 0) is 0 Å². The monoisotopic (exact) mass is 322 g/mol. The summed E-state index contributed by atoms with van der Waals surface area (Å²) < 4.78 is 16.8. The molecule has 0 fully saturated rings. The first-order chi connectivity index (χ1) is 11.6. The predicted molar refractivity (Wildman–Crippen MR) is 94.9 cm³/mol. The third-order valence-electron chi connectivity index (χ3n) is 3.70. The quantitative estimate of drug-likeness (QED) is 0.656. The molecule has 4 nitrogen and oxygen atoms in total. The molecule has 0 atom stereocenters. The van der Waals surface area contributed by atoms with Gasteiger partial charge in [0.2, 0.25) is 11.2 Å². The second-order valence-corrected chi connectivity index (χ2v) is 5.42. The number of methoxy groups -OCH3 is 1. The van der Waals surface area contributed by atoms with E-state index in [1.54, 1.807) is 19.3 Å². The van der Waals surface area contributed by atoms with Crippen molar-refractivity contribution in [1.82, 2.24) is 0 Å². The molecular weight excluding hydrogens is 304 g/mol. The lowest BCUT2D eigenvalue weighted by molar-refractivity contribution is 0.351. The topological polar surface area (TPSA) is 48.7 Å². The zero-order chi connectivity index (χ0) is 17.1. The van der Waals surface area contributed by atoms with Crippen LogP contribution in [0.1, 0.15) is 5.56 Å². The van der Waals surface area contributed by atoms with Crippen LogP contribution >= 0.6 is 0 Å². The highest BCUT2D eigenvalue weighted by Gasteiger charge is 2.17. The maximum absolute atomic E-state index is 12.8. The largest absolute Gasteiger partial charge is 0.497 e. The molecular formula is C20H18O4. The number of ether oxygens (including phenoxy) is 2. The Balaban J connectivity index is 2.25. The first kappa shape index (κ1) is 15.9. The van der Waals surface area contributed by atoms with Gasteiger partial charge in [0.1, 0.15) is 17.9 Å². The van der Waals surface area contributed by atoms with Gasteiger partial charge in [-0.25, -0.2) is 0 Å². The van der Waals surface area contributed by atoms with Crippen molar-refractivity contribution in [2.45, 2.75) is 6.92 Å². The van der Waals surface area contributed by atoms with E-state index in [-0.39, 0.29) is 17.8 Å². The molecule has 0 saturated carbocycles. The van der Waals surface area contributed by atoms with Crippen LogP contribution in [0.2, 0.25) is 0 Å².